The van der Waals surface area contributed by atoms with Gasteiger partial charge < -0.3 is 3.83 Å². The van der Waals surface area contributed by atoms with Gasteiger partial charge in [0.25, 0.3) is 0 Å². The van der Waals surface area contributed by atoms with E-state index in [2.05, 4.69) is 20.1 Å². The molecular weight excluding hydrogens is 234 g/mol. The van der Waals surface area contributed by atoms with Gasteiger partial charge in [0.1, 0.15) is 11.6 Å². The number of halogens is 3. The highest BCUT2D eigenvalue weighted by Gasteiger charge is 2.12. The maximum absolute atomic E-state index is 12.7. The van der Waals surface area contributed by atoms with Crippen molar-refractivity contribution in [3.8, 4) is 0 Å². The van der Waals surface area contributed by atoms with E-state index in [0.717, 1.165) is 12.1 Å². The third-order valence-corrected chi connectivity index (χ3v) is 1.52. The smallest absolute Gasteiger partial charge is 0.352 e. The quantitative estimate of drug-likeness (QED) is 0.749. The lowest BCUT2D eigenvalue weighted by molar-refractivity contribution is 0.0777. The van der Waals surface area contributed by atoms with Crippen LogP contribution in [0.2, 0.25) is 0 Å². The lowest BCUT2D eigenvalue weighted by Gasteiger charge is -1.97. The minimum atomic E-state index is -0.945. The molecule has 0 aromatic heterocycles. The largest absolute Gasteiger partial charge is 0.380 e. The number of rotatable bonds is 1. The molecule has 2 nitrogen and oxygen atoms in total. The van der Waals surface area contributed by atoms with Crippen LogP contribution in [0.25, 0.3) is 0 Å². The molecule has 0 spiro atoms. The van der Waals surface area contributed by atoms with Crippen LogP contribution in [0.3, 0.4) is 0 Å². The topological polar surface area (TPSA) is 26.3 Å². The van der Waals surface area contributed by atoms with Gasteiger partial charge in [-0.1, -0.05) is 0 Å². The number of carbonyl (C=O) groups excluding carboxylic acids is 1. The predicted molar refractivity (Wildman–Crippen MR) is 40.7 cm³/mol. The van der Waals surface area contributed by atoms with Crippen molar-refractivity contribution < 1.29 is 17.4 Å². The standard InChI is InChI=1S/C7H3BrF2O2/c8-12-7(11)5-2-1-4(9)3-6(5)10/h1-3H. The van der Waals surface area contributed by atoms with Crippen LogP contribution in [0.4, 0.5) is 8.78 Å². The van der Waals surface area contributed by atoms with Gasteiger partial charge in [0.15, 0.2) is 16.3 Å². The lowest BCUT2D eigenvalue weighted by atomic mass is 10.2. The van der Waals surface area contributed by atoms with Crippen LogP contribution in [-0.4, -0.2) is 5.97 Å². The zero-order valence-corrected chi connectivity index (χ0v) is 7.27. The van der Waals surface area contributed by atoms with Crippen LogP contribution >= 0.6 is 16.3 Å². The summed E-state index contributed by atoms with van der Waals surface area (Å²) >= 11 is 2.39. The highest BCUT2D eigenvalue weighted by atomic mass is 79.9. The summed E-state index contributed by atoms with van der Waals surface area (Å²) in [5, 5.41) is 0. The minimum absolute atomic E-state index is 0.312. The fourth-order valence-electron chi connectivity index (χ4n) is 0.697. The SMILES string of the molecule is O=C(OBr)c1ccc(F)cc1F. The summed E-state index contributed by atoms with van der Waals surface area (Å²) in [6.45, 7) is 0. The van der Waals surface area contributed by atoms with Crippen LogP contribution < -0.4 is 0 Å². The summed E-state index contributed by atoms with van der Waals surface area (Å²) in [5.41, 5.74) is -0.312. The monoisotopic (exact) mass is 236 g/mol. The van der Waals surface area contributed by atoms with E-state index in [1.54, 1.807) is 0 Å². The average Bonchev–Trinajstić information content (AvgIpc) is 2.03. The van der Waals surface area contributed by atoms with Crippen molar-refractivity contribution in [1.29, 1.82) is 0 Å². The Morgan fingerprint density at radius 3 is 2.58 bits per heavy atom. The van der Waals surface area contributed by atoms with Crippen molar-refractivity contribution in [2.24, 2.45) is 0 Å². The van der Waals surface area contributed by atoms with Gasteiger partial charge in [-0.3, -0.25) is 0 Å². The summed E-state index contributed by atoms with van der Waals surface area (Å²) in [4.78, 5) is 10.7. The van der Waals surface area contributed by atoms with E-state index in [1.165, 1.54) is 0 Å². The van der Waals surface area contributed by atoms with Gasteiger partial charge in [0.2, 0.25) is 0 Å². The molecule has 12 heavy (non-hydrogen) atoms. The van der Waals surface area contributed by atoms with Crippen LogP contribution in [0.1, 0.15) is 10.4 Å². The van der Waals surface area contributed by atoms with E-state index >= 15 is 0 Å². The van der Waals surface area contributed by atoms with Crippen molar-refractivity contribution in [2.45, 2.75) is 0 Å². The third kappa shape index (κ3) is 1.79. The van der Waals surface area contributed by atoms with Gasteiger partial charge in [-0.15, -0.1) is 0 Å². The molecule has 0 amide bonds. The van der Waals surface area contributed by atoms with Gasteiger partial charge in [0, 0.05) is 6.07 Å². The molecule has 1 aromatic rings. The summed E-state index contributed by atoms with van der Waals surface area (Å²) < 4.78 is 29.1. The Morgan fingerprint density at radius 1 is 1.42 bits per heavy atom. The first kappa shape index (κ1) is 9.12. The Labute approximate surface area is 75.6 Å². The van der Waals surface area contributed by atoms with Crippen LogP contribution in [0.5, 0.6) is 0 Å². The molecule has 0 fully saturated rings. The molecular formula is C7H3BrF2O2. The molecule has 0 N–H and O–H groups in total. The van der Waals surface area contributed by atoms with Gasteiger partial charge in [-0.05, 0) is 12.1 Å². The van der Waals surface area contributed by atoms with E-state index in [-0.39, 0.29) is 5.56 Å². The Balaban J connectivity index is 3.09. The highest BCUT2D eigenvalue weighted by molar-refractivity contribution is 9.06. The maximum Gasteiger partial charge on any atom is 0.352 e. The predicted octanol–water partition coefficient (Wildman–Crippen LogP) is 2.43. The highest BCUT2D eigenvalue weighted by Crippen LogP contribution is 2.11. The Morgan fingerprint density at radius 2 is 2.08 bits per heavy atom. The summed E-state index contributed by atoms with van der Waals surface area (Å²) in [5.74, 6) is -2.58. The van der Waals surface area contributed by atoms with Crippen molar-refractivity contribution >= 4 is 22.2 Å². The van der Waals surface area contributed by atoms with Crippen LogP contribution in [-0.2, 0) is 3.83 Å². The van der Waals surface area contributed by atoms with Gasteiger partial charge in [0.05, 0.1) is 5.56 Å². The number of hydrogen-bond acceptors (Lipinski definition) is 2. The van der Waals surface area contributed by atoms with E-state index in [9.17, 15) is 13.6 Å². The molecule has 0 bridgehead atoms. The Hall–Kier alpha value is -0.970. The molecule has 0 saturated heterocycles. The molecule has 0 radical (unpaired) electrons. The number of hydrogen-bond donors (Lipinski definition) is 0. The molecule has 1 rings (SSSR count). The van der Waals surface area contributed by atoms with E-state index in [1.807, 2.05) is 0 Å². The molecule has 0 saturated carbocycles. The van der Waals surface area contributed by atoms with Crippen molar-refractivity contribution in [1.82, 2.24) is 0 Å². The van der Waals surface area contributed by atoms with E-state index < -0.39 is 17.6 Å². The normalized spacial score (nSPS) is 9.58. The first-order valence-electron chi connectivity index (χ1n) is 2.93. The van der Waals surface area contributed by atoms with Gasteiger partial charge in [-0.25, -0.2) is 13.6 Å². The fraction of sp³-hybridized carbons (Fsp3) is 0. The van der Waals surface area contributed by atoms with Crippen LogP contribution in [0, 0.1) is 11.6 Å². The first-order chi connectivity index (χ1) is 5.65. The van der Waals surface area contributed by atoms with Gasteiger partial charge in [-0.2, -0.15) is 0 Å². The molecule has 1 aromatic carbocycles. The summed E-state index contributed by atoms with van der Waals surface area (Å²) in [6, 6.07) is 2.59. The maximum atomic E-state index is 12.7. The molecule has 0 unspecified atom stereocenters. The third-order valence-electron chi connectivity index (χ3n) is 1.22. The lowest BCUT2D eigenvalue weighted by Crippen LogP contribution is -2.01. The van der Waals surface area contributed by atoms with Gasteiger partial charge >= 0.3 is 5.97 Å². The van der Waals surface area contributed by atoms with Crippen molar-refractivity contribution in [3.63, 3.8) is 0 Å². The number of benzene rings is 1. The van der Waals surface area contributed by atoms with Crippen molar-refractivity contribution in [2.75, 3.05) is 0 Å². The van der Waals surface area contributed by atoms with Crippen molar-refractivity contribution in [3.05, 3.63) is 35.4 Å². The molecule has 0 aliphatic carbocycles. The molecule has 0 aliphatic rings. The summed E-state index contributed by atoms with van der Waals surface area (Å²) in [6.07, 6.45) is 0. The first-order valence-corrected chi connectivity index (χ1v) is 3.58. The zero-order chi connectivity index (χ0) is 9.14. The Bertz CT molecular complexity index is 314. The molecule has 0 heterocycles. The fourth-order valence-corrected chi connectivity index (χ4v) is 0.871. The molecule has 64 valence electrons. The second kappa shape index (κ2) is 3.62. The molecule has 0 atom stereocenters. The van der Waals surface area contributed by atoms with E-state index in [0.29, 0.717) is 6.07 Å². The zero-order valence-electron chi connectivity index (χ0n) is 5.68. The average molecular weight is 237 g/mol. The van der Waals surface area contributed by atoms with E-state index in [4.69, 9.17) is 0 Å². The Kier molecular flexibility index (Phi) is 2.75. The second-order valence-electron chi connectivity index (χ2n) is 1.99. The van der Waals surface area contributed by atoms with Crippen LogP contribution in [0.15, 0.2) is 18.2 Å². The second-order valence-corrected chi connectivity index (χ2v) is 2.31. The minimum Gasteiger partial charge on any atom is -0.380 e. The summed E-state index contributed by atoms with van der Waals surface area (Å²) in [7, 11) is 0. The number of carbonyl (C=O) groups is 1. The molecule has 0 aliphatic heterocycles. The molecule has 5 heteroatoms.